The molecule has 0 saturated carbocycles. The first-order valence-electron chi connectivity index (χ1n) is 4.55. The number of ketones is 1. The van der Waals surface area contributed by atoms with Crippen LogP contribution in [0.25, 0.3) is 0 Å². The first-order chi connectivity index (χ1) is 6.21. The average molecular weight is 218 g/mol. The molecular weight excluding hydrogens is 200 g/mol. The summed E-state index contributed by atoms with van der Waals surface area (Å²) in [5.74, 6) is 0.323. The highest BCUT2D eigenvalue weighted by molar-refractivity contribution is 8.21. The lowest BCUT2D eigenvalue weighted by atomic mass is 10.1. The Bertz CT molecular complexity index is 191. The summed E-state index contributed by atoms with van der Waals surface area (Å²) in [6.45, 7) is 4.10. The largest absolute Gasteiger partial charge is 0.294 e. The van der Waals surface area contributed by atoms with Crippen molar-refractivity contribution in [1.82, 2.24) is 0 Å². The Morgan fingerprint density at radius 3 is 2.00 bits per heavy atom. The zero-order chi connectivity index (χ0) is 10.3. The molecule has 0 aromatic rings. The van der Waals surface area contributed by atoms with E-state index < -0.39 is 0 Å². The van der Waals surface area contributed by atoms with Crippen molar-refractivity contribution in [2.75, 3.05) is 12.5 Å². The van der Waals surface area contributed by atoms with Crippen molar-refractivity contribution in [2.24, 2.45) is 0 Å². The van der Waals surface area contributed by atoms with E-state index in [0.717, 1.165) is 18.4 Å². The van der Waals surface area contributed by atoms with Crippen LogP contribution in [0.3, 0.4) is 0 Å². The maximum atomic E-state index is 11.6. The minimum absolute atomic E-state index is 0.323. The molecule has 3 heteroatoms. The zero-order valence-electron chi connectivity index (χ0n) is 8.85. The van der Waals surface area contributed by atoms with Gasteiger partial charge >= 0.3 is 0 Å². The van der Waals surface area contributed by atoms with Gasteiger partial charge in [-0.3, -0.25) is 4.79 Å². The lowest BCUT2D eigenvalue weighted by Gasteiger charge is -2.08. The average Bonchev–Trinajstić information content (AvgIpc) is 2.14. The van der Waals surface area contributed by atoms with Gasteiger partial charge in [-0.15, -0.1) is 23.5 Å². The van der Waals surface area contributed by atoms with Gasteiger partial charge < -0.3 is 0 Å². The van der Waals surface area contributed by atoms with E-state index in [9.17, 15) is 4.79 Å². The van der Waals surface area contributed by atoms with E-state index in [-0.39, 0.29) is 0 Å². The van der Waals surface area contributed by atoms with E-state index in [2.05, 4.69) is 6.92 Å². The fraction of sp³-hybridized carbons (Fsp3) is 0.700. The predicted octanol–water partition coefficient (Wildman–Crippen LogP) is 3.70. The molecule has 0 saturated heterocycles. The Morgan fingerprint density at radius 2 is 1.69 bits per heavy atom. The van der Waals surface area contributed by atoms with Crippen LogP contribution in [-0.2, 0) is 4.79 Å². The zero-order valence-corrected chi connectivity index (χ0v) is 10.5. The molecule has 1 nitrogen and oxygen atoms in total. The Balaban J connectivity index is 4.63. The van der Waals surface area contributed by atoms with Gasteiger partial charge in [-0.1, -0.05) is 13.8 Å². The first kappa shape index (κ1) is 13.1. The second-order valence-electron chi connectivity index (χ2n) is 2.70. The third-order valence-corrected chi connectivity index (χ3v) is 4.02. The number of carbonyl (C=O) groups excluding carboxylic acids is 1. The summed E-state index contributed by atoms with van der Waals surface area (Å²) in [5.41, 5.74) is 1.02. The molecule has 0 amide bonds. The molecular formula is C10H18OS2. The molecule has 0 aromatic carbocycles. The number of hydrogen-bond donors (Lipinski definition) is 0. The molecule has 76 valence electrons. The molecule has 0 N–H and O–H groups in total. The molecule has 0 aliphatic carbocycles. The first-order valence-corrected chi connectivity index (χ1v) is 7.00. The topological polar surface area (TPSA) is 17.1 Å². The van der Waals surface area contributed by atoms with Crippen LogP contribution < -0.4 is 0 Å². The van der Waals surface area contributed by atoms with Crippen LogP contribution >= 0.6 is 23.5 Å². The van der Waals surface area contributed by atoms with Crippen molar-refractivity contribution in [3.8, 4) is 0 Å². The lowest BCUT2D eigenvalue weighted by Crippen LogP contribution is -2.02. The molecule has 0 rings (SSSR count). The highest BCUT2D eigenvalue weighted by Crippen LogP contribution is 2.30. The second-order valence-corrected chi connectivity index (χ2v) is 4.59. The van der Waals surface area contributed by atoms with Crippen LogP contribution in [-0.4, -0.2) is 18.3 Å². The number of Topliss-reactive ketones (excluding diaryl/α,β-unsaturated/α-hetero) is 1. The summed E-state index contributed by atoms with van der Waals surface area (Å²) in [6, 6.07) is 0. The third kappa shape index (κ3) is 4.23. The number of rotatable bonds is 6. The van der Waals surface area contributed by atoms with Crippen LogP contribution in [0.5, 0.6) is 0 Å². The van der Waals surface area contributed by atoms with Crippen LogP contribution in [0.1, 0.15) is 33.1 Å². The number of hydrogen-bond acceptors (Lipinski definition) is 3. The molecule has 0 aliphatic heterocycles. The van der Waals surface area contributed by atoms with Gasteiger partial charge in [0.05, 0.1) is 0 Å². The molecule has 0 fully saturated rings. The Kier molecular flexibility index (Phi) is 7.57. The quantitative estimate of drug-likeness (QED) is 0.633. The summed E-state index contributed by atoms with van der Waals surface area (Å²) < 4.78 is 1.18. The van der Waals surface area contributed by atoms with E-state index in [1.165, 1.54) is 4.24 Å². The van der Waals surface area contributed by atoms with Gasteiger partial charge in [-0.05, 0) is 25.4 Å². The summed E-state index contributed by atoms with van der Waals surface area (Å²) >= 11 is 3.36. The van der Waals surface area contributed by atoms with Gasteiger partial charge in [-0.2, -0.15) is 0 Å². The molecule has 0 atom stereocenters. The fourth-order valence-corrected chi connectivity index (χ4v) is 2.84. The number of thioether (sulfide) groups is 2. The summed E-state index contributed by atoms with van der Waals surface area (Å²) in [7, 11) is 0. The van der Waals surface area contributed by atoms with Crippen molar-refractivity contribution in [2.45, 2.75) is 33.1 Å². The summed E-state index contributed by atoms with van der Waals surface area (Å²) in [5, 5.41) is 0. The molecule has 0 spiro atoms. The van der Waals surface area contributed by atoms with Crippen molar-refractivity contribution < 1.29 is 4.79 Å². The van der Waals surface area contributed by atoms with E-state index in [4.69, 9.17) is 0 Å². The monoisotopic (exact) mass is 218 g/mol. The maximum Gasteiger partial charge on any atom is 0.160 e. The standard InChI is InChI=1S/C10H18OS2/c1-5-7-9(11)8(6-2)10(12-3)13-4/h5-7H2,1-4H3. The molecule has 0 radical (unpaired) electrons. The molecule has 0 aromatic heterocycles. The van der Waals surface area contributed by atoms with Crippen molar-refractivity contribution in [3.63, 3.8) is 0 Å². The van der Waals surface area contributed by atoms with Gasteiger partial charge in [-0.25, -0.2) is 0 Å². The third-order valence-electron chi connectivity index (χ3n) is 1.78. The highest BCUT2D eigenvalue weighted by Gasteiger charge is 2.11. The lowest BCUT2D eigenvalue weighted by molar-refractivity contribution is -0.115. The fourth-order valence-electron chi connectivity index (χ4n) is 1.16. The van der Waals surface area contributed by atoms with Gasteiger partial charge in [0.2, 0.25) is 0 Å². The van der Waals surface area contributed by atoms with Gasteiger partial charge in [0.25, 0.3) is 0 Å². The van der Waals surface area contributed by atoms with Crippen LogP contribution in [0.15, 0.2) is 9.81 Å². The minimum atomic E-state index is 0.323. The van der Waals surface area contributed by atoms with Crippen LogP contribution in [0.2, 0.25) is 0 Å². The van der Waals surface area contributed by atoms with Crippen molar-refractivity contribution in [1.29, 1.82) is 0 Å². The predicted molar refractivity (Wildman–Crippen MR) is 64.3 cm³/mol. The number of allylic oxidation sites excluding steroid dienone is 1. The van der Waals surface area contributed by atoms with Gasteiger partial charge in [0, 0.05) is 16.2 Å². The Morgan fingerprint density at radius 1 is 1.15 bits per heavy atom. The van der Waals surface area contributed by atoms with E-state index >= 15 is 0 Å². The Hall–Kier alpha value is 0.110. The van der Waals surface area contributed by atoms with Gasteiger partial charge in [0.1, 0.15) is 0 Å². The van der Waals surface area contributed by atoms with Crippen LogP contribution in [0.4, 0.5) is 0 Å². The summed E-state index contributed by atoms with van der Waals surface area (Å²) in [4.78, 5) is 11.6. The summed E-state index contributed by atoms with van der Waals surface area (Å²) in [6.07, 6.45) is 6.55. The van der Waals surface area contributed by atoms with E-state index in [1.807, 2.05) is 19.4 Å². The molecule has 0 aliphatic rings. The number of carbonyl (C=O) groups is 1. The van der Waals surface area contributed by atoms with Crippen molar-refractivity contribution >= 4 is 29.3 Å². The smallest absolute Gasteiger partial charge is 0.160 e. The molecule has 13 heavy (non-hydrogen) atoms. The van der Waals surface area contributed by atoms with Gasteiger partial charge in [0.15, 0.2) is 5.78 Å². The Labute approximate surface area is 89.7 Å². The van der Waals surface area contributed by atoms with Crippen LogP contribution in [0, 0.1) is 0 Å². The second kappa shape index (κ2) is 7.51. The maximum absolute atomic E-state index is 11.6. The molecule has 0 unspecified atom stereocenters. The molecule has 0 bridgehead atoms. The normalized spacial score (nSPS) is 9.85. The minimum Gasteiger partial charge on any atom is -0.294 e. The SMILES string of the molecule is CCCC(=O)C(CC)=C(SC)SC. The van der Waals surface area contributed by atoms with Crippen molar-refractivity contribution in [3.05, 3.63) is 9.81 Å². The highest BCUT2D eigenvalue weighted by atomic mass is 32.2. The van der Waals surface area contributed by atoms with E-state index in [1.54, 1.807) is 23.5 Å². The van der Waals surface area contributed by atoms with E-state index in [0.29, 0.717) is 12.2 Å². The molecule has 0 heterocycles.